The quantitative estimate of drug-likeness (QED) is 0.412. The molecule has 0 amide bonds. The minimum atomic E-state index is 0.107. The van der Waals surface area contributed by atoms with E-state index in [2.05, 4.69) is 42.5 Å². The Morgan fingerprint density at radius 1 is 0.650 bits per heavy atom. The lowest BCUT2D eigenvalue weighted by molar-refractivity contribution is 0.104. The number of rotatable bonds is 0. The predicted molar refractivity (Wildman–Crippen MR) is 83.5 cm³/mol. The lowest BCUT2D eigenvalue weighted by Gasteiger charge is -2.17. The Labute approximate surface area is 115 Å². The third-order valence-corrected chi connectivity index (χ3v) is 4.34. The molecule has 0 N–H and O–H groups in total. The minimum Gasteiger partial charge on any atom is -0.289 e. The second-order valence-electron chi connectivity index (χ2n) is 5.39. The van der Waals surface area contributed by atoms with E-state index >= 15 is 0 Å². The molecule has 0 spiro atoms. The summed E-state index contributed by atoms with van der Waals surface area (Å²) in [7, 11) is 0. The maximum atomic E-state index is 12.1. The number of hydrogen-bond donors (Lipinski definition) is 0. The van der Waals surface area contributed by atoms with Crippen molar-refractivity contribution >= 4 is 44.2 Å². The van der Waals surface area contributed by atoms with E-state index in [9.17, 15) is 4.79 Å². The Bertz CT molecular complexity index is 1050. The summed E-state index contributed by atoms with van der Waals surface area (Å²) in [4.78, 5) is 12.1. The van der Waals surface area contributed by atoms with Gasteiger partial charge in [-0.2, -0.15) is 0 Å². The molecule has 4 aromatic carbocycles. The van der Waals surface area contributed by atoms with Crippen molar-refractivity contribution < 1.29 is 4.79 Å². The number of carbonyl (C=O) groups is 1. The molecule has 0 saturated carbocycles. The molecular weight excluding hydrogens is 244 g/mol. The molecule has 1 aliphatic rings. The van der Waals surface area contributed by atoms with E-state index in [0.717, 1.165) is 16.5 Å². The first-order valence-corrected chi connectivity index (χ1v) is 6.76. The maximum absolute atomic E-state index is 12.1. The van der Waals surface area contributed by atoms with Crippen LogP contribution in [0.1, 0.15) is 15.9 Å². The van der Waals surface area contributed by atoms with Crippen molar-refractivity contribution in [1.82, 2.24) is 0 Å². The molecule has 0 heterocycles. The van der Waals surface area contributed by atoms with Crippen LogP contribution in [-0.2, 0) is 0 Å². The molecule has 1 heteroatoms. The van der Waals surface area contributed by atoms with Gasteiger partial charge in [0.1, 0.15) is 0 Å². The normalized spacial score (nSPS) is 13.9. The molecule has 5 rings (SSSR count). The molecule has 0 aromatic heterocycles. The summed E-state index contributed by atoms with van der Waals surface area (Å²) in [6.07, 6.45) is 3.62. The van der Waals surface area contributed by atoms with Crippen LogP contribution in [0.3, 0.4) is 0 Å². The second kappa shape index (κ2) is 3.26. The van der Waals surface area contributed by atoms with Gasteiger partial charge in [0.05, 0.1) is 0 Å². The summed E-state index contributed by atoms with van der Waals surface area (Å²) in [5.41, 5.74) is 1.98. The number of ketones is 1. The van der Waals surface area contributed by atoms with Gasteiger partial charge in [0.15, 0.2) is 5.78 Å². The monoisotopic (exact) mass is 254 g/mol. The average Bonchev–Trinajstić information content (AvgIpc) is 2.49. The second-order valence-corrected chi connectivity index (χ2v) is 5.39. The van der Waals surface area contributed by atoms with Crippen LogP contribution >= 0.6 is 0 Å². The van der Waals surface area contributed by atoms with E-state index in [1.54, 1.807) is 6.08 Å². The fourth-order valence-electron chi connectivity index (χ4n) is 3.47. The molecule has 0 bridgehead atoms. The molecule has 20 heavy (non-hydrogen) atoms. The molecule has 0 aliphatic heterocycles. The number of carbonyl (C=O) groups excluding carboxylic acids is 1. The summed E-state index contributed by atoms with van der Waals surface area (Å²) in [5, 5.41) is 7.30. The van der Waals surface area contributed by atoms with Crippen molar-refractivity contribution in [2.24, 2.45) is 0 Å². The molecule has 1 nitrogen and oxygen atoms in total. The van der Waals surface area contributed by atoms with E-state index in [1.807, 2.05) is 12.1 Å². The molecule has 0 unspecified atom stereocenters. The van der Waals surface area contributed by atoms with Crippen LogP contribution in [0.5, 0.6) is 0 Å². The number of benzene rings is 4. The highest BCUT2D eigenvalue weighted by Gasteiger charge is 2.18. The first-order chi connectivity index (χ1) is 9.83. The van der Waals surface area contributed by atoms with Gasteiger partial charge in [0, 0.05) is 10.9 Å². The van der Waals surface area contributed by atoms with Crippen LogP contribution < -0.4 is 0 Å². The van der Waals surface area contributed by atoms with Gasteiger partial charge >= 0.3 is 0 Å². The lowest BCUT2D eigenvalue weighted by atomic mass is 9.85. The Morgan fingerprint density at radius 2 is 1.40 bits per heavy atom. The van der Waals surface area contributed by atoms with E-state index in [1.165, 1.54) is 26.9 Å². The van der Waals surface area contributed by atoms with E-state index in [4.69, 9.17) is 0 Å². The first kappa shape index (κ1) is 10.2. The molecule has 92 valence electrons. The van der Waals surface area contributed by atoms with Gasteiger partial charge < -0.3 is 0 Å². The van der Waals surface area contributed by atoms with Gasteiger partial charge in [0.2, 0.25) is 0 Å². The Hall–Kier alpha value is -2.67. The fourth-order valence-corrected chi connectivity index (χ4v) is 3.47. The van der Waals surface area contributed by atoms with Crippen LogP contribution in [-0.4, -0.2) is 5.78 Å². The summed E-state index contributed by atoms with van der Waals surface area (Å²) >= 11 is 0. The van der Waals surface area contributed by atoms with Crippen molar-refractivity contribution in [2.75, 3.05) is 0 Å². The highest BCUT2D eigenvalue weighted by Crippen LogP contribution is 2.40. The van der Waals surface area contributed by atoms with Crippen LogP contribution in [0, 0.1) is 0 Å². The van der Waals surface area contributed by atoms with Crippen molar-refractivity contribution in [3.8, 4) is 0 Å². The van der Waals surface area contributed by atoms with Gasteiger partial charge in [-0.05, 0) is 50.7 Å². The molecular formula is C19H10O. The van der Waals surface area contributed by atoms with Crippen LogP contribution in [0.4, 0.5) is 0 Å². The molecule has 4 aromatic rings. The number of allylic oxidation sites excluding steroid dienone is 1. The van der Waals surface area contributed by atoms with Gasteiger partial charge in [0.25, 0.3) is 0 Å². The van der Waals surface area contributed by atoms with Gasteiger partial charge in [-0.1, -0.05) is 42.5 Å². The first-order valence-electron chi connectivity index (χ1n) is 6.76. The van der Waals surface area contributed by atoms with E-state index in [0.29, 0.717) is 0 Å². The molecule has 0 radical (unpaired) electrons. The zero-order valence-corrected chi connectivity index (χ0v) is 10.7. The Morgan fingerprint density at radius 3 is 2.30 bits per heavy atom. The van der Waals surface area contributed by atoms with Gasteiger partial charge in [-0.3, -0.25) is 4.79 Å². The molecule has 0 saturated heterocycles. The number of hydrogen-bond acceptors (Lipinski definition) is 1. The molecule has 1 aliphatic carbocycles. The smallest absolute Gasteiger partial charge is 0.186 e. The highest BCUT2D eigenvalue weighted by molar-refractivity contribution is 6.31. The standard InChI is InChI=1S/C19H10O/c20-16-9-7-14-10-13-3-1-2-11-4-5-12-6-8-15(16)18(14)19(12)17(11)13/h1-10H. The van der Waals surface area contributed by atoms with Crippen LogP contribution in [0.25, 0.3) is 38.4 Å². The van der Waals surface area contributed by atoms with E-state index < -0.39 is 0 Å². The highest BCUT2D eigenvalue weighted by atomic mass is 16.1. The largest absolute Gasteiger partial charge is 0.289 e. The zero-order chi connectivity index (χ0) is 13.3. The Balaban J connectivity index is 2.24. The summed E-state index contributed by atoms with van der Waals surface area (Å²) in [6, 6.07) is 16.9. The third kappa shape index (κ3) is 1.07. The van der Waals surface area contributed by atoms with Crippen molar-refractivity contribution in [1.29, 1.82) is 0 Å². The third-order valence-electron chi connectivity index (χ3n) is 4.34. The maximum Gasteiger partial charge on any atom is 0.186 e. The van der Waals surface area contributed by atoms with Crippen molar-refractivity contribution in [2.45, 2.75) is 0 Å². The van der Waals surface area contributed by atoms with Gasteiger partial charge in [-0.15, -0.1) is 0 Å². The molecule has 0 fully saturated rings. The zero-order valence-electron chi connectivity index (χ0n) is 10.7. The van der Waals surface area contributed by atoms with Crippen molar-refractivity contribution in [3.63, 3.8) is 0 Å². The van der Waals surface area contributed by atoms with Crippen LogP contribution in [0.15, 0.2) is 54.6 Å². The van der Waals surface area contributed by atoms with Gasteiger partial charge in [-0.25, -0.2) is 0 Å². The summed E-state index contributed by atoms with van der Waals surface area (Å²) in [5.74, 6) is 0.107. The molecule has 0 atom stereocenters. The van der Waals surface area contributed by atoms with Crippen LogP contribution in [0.2, 0.25) is 0 Å². The van der Waals surface area contributed by atoms with E-state index in [-0.39, 0.29) is 5.78 Å². The fraction of sp³-hybridized carbons (Fsp3) is 0. The minimum absolute atomic E-state index is 0.107. The van der Waals surface area contributed by atoms with Crippen molar-refractivity contribution in [3.05, 3.63) is 65.7 Å². The SMILES string of the molecule is O=C1C=Cc2cc3cccc4ccc5ccc1c2c5c43. The lowest BCUT2D eigenvalue weighted by Crippen LogP contribution is -2.02. The Kier molecular flexibility index (Phi) is 1.65. The summed E-state index contributed by atoms with van der Waals surface area (Å²) < 4.78 is 0. The predicted octanol–water partition coefficient (Wildman–Crippen LogP) is 4.79. The average molecular weight is 254 g/mol. The summed E-state index contributed by atoms with van der Waals surface area (Å²) in [6.45, 7) is 0. The topological polar surface area (TPSA) is 17.1 Å².